The van der Waals surface area contributed by atoms with Crippen LogP contribution in [0.3, 0.4) is 0 Å². The lowest BCUT2D eigenvalue weighted by atomic mass is 10.1. The lowest BCUT2D eigenvalue weighted by Gasteiger charge is -2.09. The Bertz CT molecular complexity index is 152. The SMILES string of the molecule is CC(CNCC(F)F)C(N)=NO. The van der Waals surface area contributed by atoms with Crippen LogP contribution in [0.5, 0.6) is 0 Å². The first kappa shape index (κ1) is 11.1. The molecule has 4 N–H and O–H groups in total. The maximum atomic E-state index is 11.6. The molecule has 12 heavy (non-hydrogen) atoms. The molecule has 0 radical (unpaired) electrons. The lowest BCUT2D eigenvalue weighted by Crippen LogP contribution is -2.33. The molecule has 1 atom stereocenters. The summed E-state index contributed by atoms with van der Waals surface area (Å²) in [4.78, 5) is 0. The van der Waals surface area contributed by atoms with Crippen LogP contribution < -0.4 is 11.1 Å². The summed E-state index contributed by atoms with van der Waals surface area (Å²) < 4.78 is 23.2. The molecule has 0 bridgehead atoms. The normalized spacial score (nSPS) is 15.2. The smallest absolute Gasteiger partial charge is 0.250 e. The van der Waals surface area contributed by atoms with Gasteiger partial charge in [-0.05, 0) is 0 Å². The molecular weight excluding hydrogens is 168 g/mol. The van der Waals surface area contributed by atoms with Gasteiger partial charge in [-0.2, -0.15) is 0 Å². The number of hydrogen-bond acceptors (Lipinski definition) is 3. The van der Waals surface area contributed by atoms with Crippen molar-refractivity contribution in [3.05, 3.63) is 0 Å². The third-order valence-corrected chi connectivity index (χ3v) is 1.37. The van der Waals surface area contributed by atoms with Crippen molar-refractivity contribution in [1.29, 1.82) is 0 Å². The van der Waals surface area contributed by atoms with Crippen LogP contribution in [0.1, 0.15) is 6.92 Å². The van der Waals surface area contributed by atoms with Gasteiger partial charge in [0.05, 0.1) is 6.54 Å². The highest BCUT2D eigenvalue weighted by atomic mass is 19.3. The molecule has 72 valence electrons. The molecule has 0 spiro atoms. The van der Waals surface area contributed by atoms with Gasteiger partial charge in [0.15, 0.2) is 0 Å². The van der Waals surface area contributed by atoms with Crippen LogP contribution in [0.25, 0.3) is 0 Å². The van der Waals surface area contributed by atoms with E-state index in [1.807, 2.05) is 0 Å². The van der Waals surface area contributed by atoms with E-state index >= 15 is 0 Å². The first-order valence-corrected chi connectivity index (χ1v) is 3.54. The van der Waals surface area contributed by atoms with Crippen LogP contribution in [0.4, 0.5) is 8.78 Å². The van der Waals surface area contributed by atoms with E-state index in [9.17, 15) is 8.78 Å². The summed E-state index contributed by atoms with van der Waals surface area (Å²) in [5.74, 6) is -0.203. The fraction of sp³-hybridized carbons (Fsp3) is 0.833. The lowest BCUT2D eigenvalue weighted by molar-refractivity contribution is 0.145. The van der Waals surface area contributed by atoms with Crippen LogP contribution in [0.15, 0.2) is 5.16 Å². The fourth-order valence-electron chi connectivity index (χ4n) is 0.612. The number of rotatable bonds is 5. The predicted molar refractivity (Wildman–Crippen MR) is 41.4 cm³/mol. The summed E-state index contributed by atoms with van der Waals surface area (Å²) in [5.41, 5.74) is 5.21. The van der Waals surface area contributed by atoms with Gasteiger partial charge in [0, 0.05) is 12.5 Å². The topological polar surface area (TPSA) is 70.6 Å². The number of halogens is 2. The van der Waals surface area contributed by atoms with Crippen molar-refractivity contribution in [2.75, 3.05) is 13.1 Å². The summed E-state index contributed by atoms with van der Waals surface area (Å²) in [6.45, 7) is 1.58. The molecule has 0 aromatic rings. The highest BCUT2D eigenvalue weighted by Crippen LogP contribution is 1.93. The maximum absolute atomic E-state index is 11.6. The standard InChI is InChI=1S/C6H13F2N3O/c1-4(6(9)11-12)2-10-3-5(7)8/h4-5,10,12H,2-3H2,1H3,(H2,9,11). The van der Waals surface area contributed by atoms with Crippen LogP contribution in [-0.4, -0.2) is 30.6 Å². The largest absolute Gasteiger partial charge is 0.409 e. The van der Waals surface area contributed by atoms with E-state index in [1.165, 1.54) is 0 Å². The van der Waals surface area contributed by atoms with Gasteiger partial charge in [-0.1, -0.05) is 12.1 Å². The van der Waals surface area contributed by atoms with E-state index in [0.29, 0.717) is 0 Å². The highest BCUT2D eigenvalue weighted by Gasteiger charge is 2.08. The molecule has 0 aliphatic carbocycles. The Kier molecular flexibility index (Phi) is 5.27. The van der Waals surface area contributed by atoms with E-state index < -0.39 is 6.43 Å². The monoisotopic (exact) mass is 181 g/mol. The van der Waals surface area contributed by atoms with Crippen molar-refractivity contribution in [2.24, 2.45) is 16.8 Å². The number of nitrogens with one attached hydrogen (secondary N) is 1. The Morgan fingerprint density at radius 3 is 2.58 bits per heavy atom. The highest BCUT2D eigenvalue weighted by molar-refractivity contribution is 5.82. The van der Waals surface area contributed by atoms with Crippen molar-refractivity contribution in [3.8, 4) is 0 Å². The quantitative estimate of drug-likeness (QED) is 0.246. The summed E-state index contributed by atoms with van der Waals surface area (Å²) in [6.07, 6.45) is -2.37. The van der Waals surface area contributed by atoms with E-state index in [1.54, 1.807) is 6.92 Å². The number of amidine groups is 1. The third-order valence-electron chi connectivity index (χ3n) is 1.37. The Labute approximate surface area is 69.4 Å². The molecule has 0 saturated heterocycles. The molecule has 0 amide bonds. The Morgan fingerprint density at radius 1 is 1.58 bits per heavy atom. The molecule has 0 aliphatic rings. The van der Waals surface area contributed by atoms with Crippen molar-refractivity contribution >= 4 is 5.84 Å². The molecule has 6 heteroatoms. The zero-order chi connectivity index (χ0) is 9.56. The van der Waals surface area contributed by atoms with E-state index in [4.69, 9.17) is 10.9 Å². The van der Waals surface area contributed by atoms with E-state index in [2.05, 4.69) is 10.5 Å². The molecule has 0 saturated carbocycles. The summed E-state index contributed by atoms with van der Waals surface area (Å²) in [5, 5.41) is 13.4. The second-order valence-electron chi connectivity index (χ2n) is 2.48. The van der Waals surface area contributed by atoms with Crippen LogP contribution in [0.2, 0.25) is 0 Å². The Balaban J connectivity index is 3.51. The minimum Gasteiger partial charge on any atom is -0.409 e. The molecule has 0 fully saturated rings. The number of alkyl halides is 2. The average Bonchev–Trinajstić information content (AvgIpc) is 2.02. The summed E-state index contributed by atoms with van der Waals surface area (Å²) in [6, 6.07) is 0. The van der Waals surface area contributed by atoms with Gasteiger partial charge in [-0.15, -0.1) is 0 Å². The second kappa shape index (κ2) is 5.70. The predicted octanol–water partition coefficient (Wildman–Crippen LogP) is 0.224. The van der Waals surface area contributed by atoms with Crippen molar-refractivity contribution < 1.29 is 14.0 Å². The van der Waals surface area contributed by atoms with Gasteiger partial charge in [-0.25, -0.2) is 8.78 Å². The Hall–Kier alpha value is -0.910. The van der Waals surface area contributed by atoms with Crippen LogP contribution in [0, 0.1) is 5.92 Å². The third kappa shape index (κ3) is 4.84. The molecule has 0 aliphatic heterocycles. The summed E-state index contributed by atoms with van der Waals surface area (Å²) in [7, 11) is 0. The first-order chi connectivity index (χ1) is 5.57. The zero-order valence-electron chi connectivity index (χ0n) is 6.80. The zero-order valence-corrected chi connectivity index (χ0v) is 6.80. The first-order valence-electron chi connectivity index (χ1n) is 3.54. The van der Waals surface area contributed by atoms with Gasteiger partial charge >= 0.3 is 0 Å². The molecule has 0 heterocycles. The maximum Gasteiger partial charge on any atom is 0.250 e. The van der Waals surface area contributed by atoms with Crippen molar-refractivity contribution in [2.45, 2.75) is 13.3 Å². The molecule has 0 aromatic heterocycles. The minimum absolute atomic E-state index is 0.0387. The number of oxime groups is 1. The van der Waals surface area contributed by atoms with Gasteiger partial charge in [0.2, 0.25) is 0 Å². The van der Waals surface area contributed by atoms with E-state index in [-0.39, 0.29) is 24.8 Å². The van der Waals surface area contributed by atoms with Gasteiger partial charge in [0.1, 0.15) is 5.84 Å². The average molecular weight is 181 g/mol. The molecule has 1 unspecified atom stereocenters. The van der Waals surface area contributed by atoms with Crippen molar-refractivity contribution in [1.82, 2.24) is 5.32 Å². The van der Waals surface area contributed by atoms with E-state index in [0.717, 1.165) is 0 Å². The fourth-order valence-corrected chi connectivity index (χ4v) is 0.612. The van der Waals surface area contributed by atoms with Crippen molar-refractivity contribution in [3.63, 3.8) is 0 Å². The molecule has 0 rings (SSSR count). The van der Waals surface area contributed by atoms with Crippen LogP contribution in [-0.2, 0) is 0 Å². The Morgan fingerprint density at radius 2 is 2.17 bits per heavy atom. The number of nitrogens with two attached hydrogens (primary N) is 1. The minimum atomic E-state index is -2.37. The molecule has 4 nitrogen and oxygen atoms in total. The molecular formula is C6H13F2N3O. The van der Waals surface area contributed by atoms with Gasteiger partial charge < -0.3 is 16.3 Å². The summed E-state index contributed by atoms with van der Waals surface area (Å²) >= 11 is 0. The van der Waals surface area contributed by atoms with Gasteiger partial charge in [0.25, 0.3) is 6.43 Å². The number of nitrogens with zero attached hydrogens (tertiary/aromatic N) is 1. The number of hydrogen-bond donors (Lipinski definition) is 3. The van der Waals surface area contributed by atoms with Gasteiger partial charge in [-0.3, -0.25) is 0 Å². The van der Waals surface area contributed by atoms with Crippen LogP contribution >= 0.6 is 0 Å². The second-order valence-corrected chi connectivity index (χ2v) is 2.48. The molecule has 0 aromatic carbocycles.